The van der Waals surface area contributed by atoms with Crippen LogP contribution in [0.5, 0.6) is 0 Å². The van der Waals surface area contributed by atoms with E-state index in [1.54, 1.807) is 6.26 Å². The molecule has 1 aliphatic heterocycles. The SMILES string of the molecule is CCC(N)C(c1ccco1)N1CCOCC1C(N)=O. The lowest BCUT2D eigenvalue weighted by Crippen LogP contribution is -2.56. The summed E-state index contributed by atoms with van der Waals surface area (Å²) >= 11 is 0. The summed E-state index contributed by atoms with van der Waals surface area (Å²) in [5, 5.41) is 0. The number of nitrogens with zero attached hydrogens (tertiary/aromatic N) is 1. The van der Waals surface area contributed by atoms with Crippen molar-refractivity contribution in [2.24, 2.45) is 11.5 Å². The number of carbonyl (C=O) groups is 1. The van der Waals surface area contributed by atoms with E-state index in [0.29, 0.717) is 19.8 Å². The lowest BCUT2D eigenvalue weighted by Gasteiger charge is -2.40. The summed E-state index contributed by atoms with van der Waals surface area (Å²) in [5.41, 5.74) is 11.7. The van der Waals surface area contributed by atoms with Gasteiger partial charge >= 0.3 is 0 Å². The average Bonchev–Trinajstić information content (AvgIpc) is 2.93. The van der Waals surface area contributed by atoms with Crippen LogP contribution in [0.3, 0.4) is 0 Å². The molecular weight excluding hydrogens is 246 g/mol. The van der Waals surface area contributed by atoms with Crippen LogP contribution in [-0.4, -0.2) is 42.6 Å². The molecule has 19 heavy (non-hydrogen) atoms. The van der Waals surface area contributed by atoms with Crippen molar-refractivity contribution in [2.45, 2.75) is 31.5 Å². The fourth-order valence-corrected chi connectivity index (χ4v) is 2.50. The minimum Gasteiger partial charge on any atom is -0.468 e. The number of furan rings is 1. The molecule has 1 aromatic rings. The molecule has 3 atom stereocenters. The molecule has 6 nitrogen and oxygen atoms in total. The molecule has 2 heterocycles. The number of rotatable bonds is 5. The van der Waals surface area contributed by atoms with Gasteiger partial charge in [0.25, 0.3) is 0 Å². The number of hydrogen-bond acceptors (Lipinski definition) is 5. The molecule has 1 amide bonds. The minimum absolute atomic E-state index is 0.119. The topological polar surface area (TPSA) is 94.7 Å². The largest absolute Gasteiger partial charge is 0.468 e. The van der Waals surface area contributed by atoms with Gasteiger partial charge in [0.05, 0.1) is 25.5 Å². The van der Waals surface area contributed by atoms with E-state index in [9.17, 15) is 4.79 Å². The summed E-state index contributed by atoms with van der Waals surface area (Å²) in [6.45, 7) is 3.51. The zero-order chi connectivity index (χ0) is 13.8. The highest BCUT2D eigenvalue weighted by Gasteiger charge is 2.37. The summed E-state index contributed by atoms with van der Waals surface area (Å²) in [7, 11) is 0. The molecule has 0 spiro atoms. The molecule has 6 heteroatoms. The molecule has 0 aliphatic carbocycles. The fourth-order valence-electron chi connectivity index (χ4n) is 2.50. The van der Waals surface area contributed by atoms with E-state index in [2.05, 4.69) is 0 Å². The third kappa shape index (κ3) is 2.97. The van der Waals surface area contributed by atoms with Crippen molar-refractivity contribution in [2.75, 3.05) is 19.8 Å². The molecule has 1 aliphatic rings. The maximum absolute atomic E-state index is 11.6. The van der Waals surface area contributed by atoms with Gasteiger partial charge in [0.15, 0.2) is 0 Å². The summed E-state index contributed by atoms with van der Waals surface area (Å²) in [5.74, 6) is 0.377. The first-order valence-corrected chi connectivity index (χ1v) is 6.57. The van der Waals surface area contributed by atoms with Gasteiger partial charge in [-0.2, -0.15) is 0 Å². The summed E-state index contributed by atoms with van der Waals surface area (Å²) in [4.78, 5) is 13.6. The van der Waals surface area contributed by atoms with Crippen LogP contribution in [-0.2, 0) is 9.53 Å². The van der Waals surface area contributed by atoms with E-state index in [4.69, 9.17) is 20.6 Å². The predicted molar refractivity (Wildman–Crippen MR) is 70.2 cm³/mol. The van der Waals surface area contributed by atoms with Gasteiger partial charge in [-0.15, -0.1) is 0 Å². The molecule has 1 saturated heterocycles. The first kappa shape index (κ1) is 14.0. The normalized spacial score (nSPS) is 24.0. The Hall–Kier alpha value is -1.37. The molecule has 0 aromatic carbocycles. The first-order chi connectivity index (χ1) is 9.15. The van der Waals surface area contributed by atoms with Gasteiger partial charge in [-0.1, -0.05) is 6.92 Å². The monoisotopic (exact) mass is 267 g/mol. The Morgan fingerprint density at radius 3 is 3.00 bits per heavy atom. The van der Waals surface area contributed by atoms with E-state index in [-0.39, 0.29) is 18.0 Å². The van der Waals surface area contributed by atoms with Gasteiger partial charge < -0.3 is 20.6 Å². The van der Waals surface area contributed by atoms with Crippen molar-refractivity contribution in [3.05, 3.63) is 24.2 Å². The fraction of sp³-hybridized carbons (Fsp3) is 0.615. The molecule has 1 aromatic heterocycles. The van der Waals surface area contributed by atoms with Crippen molar-refractivity contribution in [3.8, 4) is 0 Å². The minimum atomic E-state index is -0.457. The average molecular weight is 267 g/mol. The van der Waals surface area contributed by atoms with Gasteiger partial charge in [-0.3, -0.25) is 9.69 Å². The van der Waals surface area contributed by atoms with Gasteiger partial charge in [0, 0.05) is 12.6 Å². The molecule has 1 fully saturated rings. The zero-order valence-electron chi connectivity index (χ0n) is 11.1. The molecular formula is C13H21N3O3. The van der Waals surface area contributed by atoms with Crippen LogP contribution < -0.4 is 11.5 Å². The van der Waals surface area contributed by atoms with Crippen molar-refractivity contribution < 1.29 is 13.9 Å². The maximum atomic E-state index is 11.6. The van der Waals surface area contributed by atoms with Crippen LogP contribution >= 0.6 is 0 Å². The van der Waals surface area contributed by atoms with Crippen molar-refractivity contribution in [1.82, 2.24) is 4.90 Å². The quantitative estimate of drug-likeness (QED) is 0.797. The van der Waals surface area contributed by atoms with E-state index in [1.165, 1.54) is 0 Å². The Balaban J connectivity index is 2.28. The van der Waals surface area contributed by atoms with Crippen LogP contribution in [0.15, 0.2) is 22.8 Å². The lowest BCUT2D eigenvalue weighted by atomic mass is 9.99. The van der Waals surface area contributed by atoms with Crippen molar-refractivity contribution >= 4 is 5.91 Å². The molecule has 4 N–H and O–H groups in total. The molecule has 0 radical (unpaired) electrons. The smallest absolute Gasteiger partial charge is 0.237 e. The van der Waals surface area contributed by atoms with Crippen molar-refractivity contribution in [3.63, 3.8) is 0 Å². The van der Waals surface area contributed by atoms with Crippen LogP contribution in [0.25, 0.3) is 0 Å². The second kappa shape index (κ2) is 6.18. The van der Waals surface area contributed by atoms with Gasteiger partial charge in [0.2, 0.25) is 5.91 Å². The second-order valence-corrected chi connectivity index (χ2v) is 4.76. The molecule has 0 saturated carbocycles. The lowest BCUT2D eigenvalue weighted by molar-refractivity contribution is -0.132. The number of amides is 1. The van der Waals surface area contributed by atoms with Gasteiger partial charge in [-0.05, 0) is 18.6 Å². The van der Waals surface area contributed by atoms with E-state index >= 15 is 0 Å². The second-order valence-electron chi connectivity index (χ2n) is 4.76. The predicted octanol–water partition coefficient (Wildman–Crippen LogP) is 0.244. The third-order valence-corrected chi connectivity index (χ3v) is 3.57. The number of nitrogens with two attached hydrogens (primary N) is 2. The highest BCUT2D eigenvalue weighted by Crippen LogP contribution is 2.28. The Morgan fingerprint density at radius 1 is 1.63 bits per heavy atom. The van der Waals surface area contributed by atoms with E-state index in [1.807, 2.05) is 24.0 Å². The van der Waals surface area contributed by atoms with Crippen molar-refractivity contribution in [1.29, 1.82) is 0 Å². The number of morpholine rings is 1. The molecule has 2 rings (SSSR count). The summed E-state index contributed by atoms with van der Waals surface area (Å²) in [6, 6.07) is 2.98. The maximum Gasteiger partial charge on any atom is 0.237 e. The number of primary amides is 1. The van der Waals surface area contributed by atoms with E-state index < -0.39 is 6.04 Å². The Labute approximate surface area is 112 Å². The number of hydrogen-bond donors (Lipinski definition) is 2. The van der Waals surface area contributed by atoms with Gasteiger partial charge in [-0.25, -0.2) is 0 Å². The Bertz CT molecular complexity index is 407. The third-order valence-electron chi connectivity index (χ3n) is 3.57. The first-order valence-electron chi connectivity index (χ1n) is 6.57. The summed E-state index contributed by atoms with van der Waals surface area (Å²) < 4.78 is 10.8. The molecule has 0 bridgehead atoms. The van der Waals surface area contributed by atoms with Crippen LogP contribution in [0.2, 0.25) is 0 Å². The van der Waals surface area contributed by atoms with E-state index in [0.717, 1.165) is 12.2 Å². The highest BCUT2D eigenvalue weighted by molar-refractivity contribution is 5.80. The van der Waals surface area contributed by atoms with Crippen LogP contribution in [0.4, 0.5) is 0 Å². The standard InChI is InChI=1S/C13H21N3O3/c1-2-9(14)12(11-4-3-6-19-11)16-5-7-18-8-10(16)13(15)17/h3-4,6,9-10,12H,2,5,7-8,14H2,1H3,(H2,15,17). The molecule has 3 unspecified atom stereocenters. The van der Waals surface area contributed by atoms with Crippen LogP contribution in [0.1, 0.15) is 25.1 Å². The number of carbonyl (C=O) groups excluding carboxylic acids is 1. The Morgan fingerprint density at radius 2 is 2.42 bits per heavy atom. The van der Waals surface area contributed by atoms with Gasteiger partial charge in [0.1, 0.15) is 11.8 Å². The van der Waals surface area contributed by atoms with Crippen LogP contribution in [0, 0.1) is 0 Å². The summed E-state index contributed by atoms with van der Waals surface area (Å²) in [6.07, 6.45) is 2.40. The zero-order valence-corrected chi connectivity index (χ0v) is 11.1. The highest BCUT2D eigenvalue weighted by atomic mass is 16.5. The molecule has 106 valence electrons. The number of ether oxygens (including phenoxy) is 1. The Kier molecular flexibility index (Phi) is 4.57.